The summed E-state index contributed by atoms with van der Waals surface area (Å²) in [6.07, 6.45) is 0. The van der Waals surface area contributed by atoms with Gasteiger partial charge < -0.3 is 10.1 Å². The molecular weight excluding hydrogens is 404 g/mol. The highest BCUT2D eigenvalue weighted by molar-refractivity contribution is 6.07. The first kappa shape index (κ1) is 21.5. The number of amides is 1. The number of carbonyl (C=O) groups excluding carboxylic acids is 1. The topological polar surface area (TPSA) is 86.9 Å². The molecule has 0 radical (unpaired) electrons. The maximum atomic E-state index is 13.4. The zero-order chi connectivity index (χ0) is 23.0. The van der Waals surface area contributed by atoms with Crippen LogP contribution in [0.25, 0.3) is 22.3 Å². The molecule has 0 spiro atoms. The minimum atomic E-state index is -0.160. The number of hydrogen-bond acceptors (Lipinski definition) is 5. The van der Waals surface area contributed by atoms with E-state index in [0.717, 1.165) is 33.8 Å². The lowest BCUT2D eigenvalue weighted by molar-refractivity contribution is 0.0937. The SMILES string of the molecule is COc1cccc(-c2cc(C(=O)N[C@H](C)Cn3nc(C)cc3C)c3c(C)nn(C)c3n2)c1. The Morgan fingerprint density at radius 3 is 2.62 bits per heavy atom. The molecule has 3 heterocycles. The van der Waals surface area contributed by atoms with Crippen molar-refractivity contribution in [2.75, 3.05) is 7.11 Å². The summed E-state index contributed by atoms with van der Waals surface area (Å²) >= 11 is 0. The van der Waals surface area contributed by atoms with Gasteiger partial charge in [0, 0.05) is 24.3 Å². The summed E-state index contributed by atoms with van der Waals surface area (Å²) in [7, 11) is 3.47. The molecule has 4 aromatic rings. The normalized spacial score (nSPS) is 12.2. The van der Waals surface area contributed by atoms with Crippen molar-refractivity contribution in [1.29, 1.82) is 0 Å². The fourth-order valence-corrected chi connectivity index (χ4v) is 4.02. The second kappa shape index (κ2) is 8.45. The van der Waals surface area contributed by atoms with Gasteiger partial charge >= 0.3 is 0 Å². The Morgan fingerprint density at radius 2 is 1.94 bits per heavy atom. The van der Waals surface area contributed by atoms with Crippen molar-refractivity contribution in [3.63, 3.8) is 0 Å². The molecule has 0 unspecified atom stereocenters. The molecule has 0 saturated carbocycles. The summed E-state index contributed by atoms with van der Waals surface area (Å²) in [6, 6.07) is 11.4. The predicted octanol–water partition coefficient (Wildman–Crippen LogP) is 3.58. The van der Waals surface area contributed by atoms with E-state index >= 15 is 0 Å². The standard InChI is InChI=1S/C24H28N6O2/c1-14-10-16(3)30(27-14)13-15(2)25-24(31)20-12-21(18-8-7-9-19(11-18)32-6)26-23-22(20)17(4)28-29(23)5/h7-12,15H,13H2,1-6H3,(H,25,31)/t15-/m1/s1. The van der Waals surface area contributed by atoms with Gasteiger partial charge in [0.25, 0.3) is 5.91 Å². The summed E-state index contributed by atoms with van der Waals surface area (Å²) < 4.78 is 8.99. The minimum absolute atomic E-state index is 0.110. The summed E-state index contributed by atoms with van der Waals surface area (Å²) in [5, 5.41) is 12.9. The van der Waals surface area contributed by atoms with Crippen LogP contribution in [0.5, 0.6) is 5.75 Å². The molecule has 1 aromatic carbocycles. The number of nitrogens with zero attached hydrogens (tertiary/aromatic N) is 5. The fourth-order valence-electron chi connectivity index (χ4n) is 4.02. The number of fused-ring (bicyclic) bond motifs is 1. The first-order chi connectivity index (χ1) is 15.3. The smallest absolute Gasteiger partial charge is 0.252 e. The number of pyridine rings is 1. The lowest BCUT2D eigenvalue weighted by atomic mass is 10.0. The zero-order valence-electron chi connectivity index (χ0n) is 19.3. The number of ether oxygens (including phenoxy) is 1. The van der Waals surface area contributed by atoms with E-state index < -0.39 is 0 Å². The monoisotopic (exact) mass is 432 g/mol. The lowest BCUT2D eigenvalue weighted by Gasteiger charge is -2.16. The molecular formula is C24H28N6O2. The van der Waals surface area contributed by atoms with Crippen molar-refractivity contribution < 1.29 is 9.53 Å². The molecule has 0 fully saturated rings. The number of carbonyl (C=O) groups is 1. The van der Waals surface area contributed by atoms with Gasteiger partial charge in [0.2, 0.25) is 0 Å². The van der Waals surface area contributed by atoms with Gasteiger partial charge in [-0.3, -0.25) is 14.2 Å². The summed E-state index contributed by atoms with van der Waals surface area (Å²) in [5.74, 6) is 0.571. The van der Waals surface area contributed by atoms with E-state index in [9.17, 15) is 4.79 Å². The summed E-state index contributed by atoms with van der Waals surface area (Å²) in [6.45, 7) is 8.44. The molecule has 166 valence electrons. The van der Waals surface area contributed by atoms with Gasteiger partial charge in [0.15, 0.2) is 5.65 Å². The molecule has 0 saturated heterocycles. The van der Waals surface area contributed by atoms with Crippen LogP contribution in [0.4, 0.5) is 0 Å². The van der Waals surface area contributed by atoms with E-state index in [2.05, 4.69) is 15.5 Å². The Balaban J connectivity index is 1.71. The molecule has 8 nitrogen and oxygen atoms in total. The lowest BCUT2D eigenvalue weighted by Crippen LogP contribution is -2.36. The molecule has 1 atom stereocenters. The first-order valence-corrected chi connectivity index (χ1v) is 10.6. The van der Waals surface area contributed by atoms with Crippen LogP contribution in [0.3, 0.4) is 0 Å². The second-order valence-corrected chi connectivity index (χ2v) is 8.18. The maximum absolute atomic E-state index is 13.4. The van der Waals surface area contributed by atoms with Crippen LogP contribution in [0, 0.1) is 20.8 Å². The largest absolute Gasteiger partial charge is 0.497 e. The van der Waals surface area contributed by atoms with E-state index in [1.54, 1.807) is 11.8 Å². The van der Waals surface area contributed by atoms with Crippen molar-refractivity contribution in [3.05, 3.63) is 59.0 Å². The van der Waals surface area contributed by atoms with E-state index in [1.165, 1.54) is 0 Å². The minimum Gasteiger partial charge on any atom is -0.497 e. The third kappa shape index (κ3) is 4.08. The van der Waals surface area contributed by atoms with Crippen LogP contribution >= 0.6 is 0 Å². The second-order valence-electron chi connectivity index (χ2n) is 8.18. The van der Waals surface area contributed by atoms with Crippen LogP contribution < -0.4 is 10.1 Å². The Labute approximate surface area is 187 Å². The summed E-state index contributed by atoms with van der Waals surface area (Å²) in [4.78, 5) is 18.2. The molecule has 4 rings (SSSR count). The van der Waals surface area contributed by atoms with Crippen molar-refractivity contribution in [2.45, 2.75) is 40.3 Å². The van der Waals surface area contributed by atoms with Crippen LogP contribution in [0.15, 0.2) is 36.4 Å². The quantitative estimate of drug-likeness (QED) is 0.503. The van der Waals surface area contributed by atoms with Gasteiger partial charge in [-0.25, -0.2) is 4.98 Å². The van der Waals surface area contributed by atoms with Crippen LogP contribution in [-0.2, 0) is 13.6 Å². The van der Waals surface area contributed by atoms with E-state index in [0.29, 0.717) is 23.4 Å². The van der Waals surface area contributed by atoms with Gasteiger partial charge in [0.05, 0.1) is 41.7 Å². The van der Waals surface area contributed by atoms with Crippen LogP contribution in [0.1, 0.15) is 34.4 Å². The van der Waals surface area contributed by atoms with E-state index in [-0.39, 0.29) is 11.9 Å². The maximum Gasteiger partial charge on any atom is 0.252 e. The van der Waals surface area contributed by atoms with Gasteiger partial charge in [-0.2, -0.15) is 10.2 Å². The molecule has 0 aliphatic heterocycles. The Morgan fingerprint density at radius 1 is 1.16 bits per heavy atom. The highest BCUT2D eigenvalue weighted by Crippen LogP contribution is 2.28. The molecule has 1 N–H and O–H groups in total. The third-order valence-electron chi connectivity index (χ3n) is 5.51. The average molecular weight is 433 g/mol. The van der Waals surface area contributed by atoms with Crippen LogP contribution in [-0.4, -0.2) is 43.6 Å². The highest BCUT2D eigenvalue weighted by atomic mass is 16.5. The molecule has 0 bridgehead atoms. The zero-order valence-corrected chi connectivity index (χ0v) is 19.3. The van der Waals surface area contributed by atoms with Crippen molar-refractivity contribution in [2.24, 2.45) is 7.05 Å². The fraction of sp³-hybridized carbons (Fsp3) is 0.333. The molecule has 8 heteroatoms. The van der Waals surface area contributed by atoms with E-state index in [4.69, 9.17) is 9.72 Å². The van der Waals surface area contributed by atoms with Crippen molar-refractivity contribution in [3.8, 4) is 17.0 Å². The van der Waals surface area contributed by atoms with Crippen LogP contribution in [0.2, 0.25) is 0 Å². The Bertz CT molecular complexity index is 1300. The first-order valence-electron chi connectivity index (χ1n) is 10.6. The third-order valence-corrected chi connectivity index (χ3v) is 5.51. The Kier molecular flexibility index (Phi) is 5.69. The number of nitrogens with one attached hydrogen (secondary N) is 1. The number of aryl methyl sites for hydroxylation is 4. The molecule has 0 aliphatic carbocycles. The molecule has 0 aliphatic rings. The molecule has 32 heavy (non-hydrogen) atoms. The number of methoxy groups -OCH3 is 1. The molecule has 1 amide bonds. The molecule has 3 aromatic heterocycles. The van der Waals surface area contributed by atoms with Gasteiger partial charge in [0.1, 0.15) is 5.75 Å². The predicted molar refractivity (Wildman–Crippen MR) is 124 cm³/mol. The van der Waals surface area contributed by atoms with Gasteiger partial charge in [-0.15, -0.1) is 0 Å². The Hall–Kier alpha value is -3.68. The van der Waals surface area contributed by atoms with Gasteiger partial charge in [-0.05, 0) is 52.0 Å². The highest BCUT2D eigenvalue weighted by Gasteiger charge is 2.21. The van der Waals surface area contributed by atoms with E-state index in [1.807, 2.05) is 75.8 Å². The van der Waals surface area contributed by atoms with Crippen molar-refractivity contribution >= 4 is 16.9 Å². The average Bonchev–Trinajstić information content (AvgIpc) is 3.23. The number of benzene rings is 1. The van der Waals surface area contributed by atoms with Gasteiger partial charge in [-0.1, -0.05) is 12.1 Å². The summed E-state index contributed by atoms with van der Waals surface area (Å²) in [5.41, 5.74) is 5.58. The number of hydrogen-bond donors (Lipinski definition) is 1. The number of rotatable bonds is 6. The van der Waals surface area contributed by atoms with Crippen molar-refractivity contribution in [1.82, 2.24) is 29.9 Å². The number of aromatic nitrogens is 5.